The van der Waals surface area contributed by atoms with Crippen LogP contribution in [0, 0.1) is 0 Å². The molecule has 0 bridgehead atoms. The summed E-state index contributed by atoms with van der Waals surface area (Å²) >= 11 is 5.90. The lowest BCUT2D eigenvalue weighted by atomic mass is 9.98. The Hall–Kier alpha value is -0.560. The Kier molecular flexibility index (Phi) is 3.54. The third-order valence-electron chi connectivity index (χ3n) is 1.93. The van der Waals surface area contributed by atoms with Crippen LogP contribution < -0.4 is 0 Å². The van der Waals surface area contributed by atoms with E-state index in [-0.39, 0.29) is 5.38 Å². The lowest BCUT2D eigenvalue weighted by Gasteiger charge is -2.11. The van der Waals surface area contributed by atoms with Gasteiger partial charge in [0.15, 0.2) is 0 Å². The van der Waals surface area contributed by atoms with E-state index in [1.165, 1.54) is 5.56 Å². The zero-order valence-corrected chi connectivity index (χ0v) is 8.25. The molecule has 2 heteroatoms. The Morgan fingerprint density at radius 3 is 2.75 bits per heavy atom. The van der Waals surface area contributed by atoms with Crippen LogP contribution in [0.3, 0.4) is 0 Å². The summed E-state index contributed by atoms with van der Waals surface area (Å²) in [6, 6.07) is 4.06. The Bertz CT molecular complexity index is 221. The molecule has 12 heavy (non-hydrogen) atoms. The number of halogens is 1. The van der Waals surface area contributed by atoms with Gasteiger partial charge in [0.05, 0.1) is 0 Å². The van der Waals surface area contributed by atoms with Crippen molar-refractivity contribution in [3.8, 4) is 0 Å². The predicted octanol–water partition coefficient (Wildman–Crippen LogP) is 3.20. The Labute approximate surface area is 78.8 Å². The quantitative estimate of drug-likeness (QED) is 0.656. The van der Waals surface area contributed by atoms with Crippen LogP contribution in [0.2, 0.25) is 0 Å². The molecule has 0 aliphatic heterocycles. The van der Waals surface area contributed by atoms with E-state index in [1.807, 2.05) is 19.2 Å². The first-order valence-corrected chi connectivity index (χ1v) is 4.67. The van der Waals surface area contributed by atoms with Gasteiger partial charge in [-0.15, -0.1) is 11.6 Å². The molecule has 0 aliphatic rings. The fraction of sp³-hybridized carbons (Fsp3) is 0.500. The van der Waals surface area contributed by atoms with E-state index >= 15 is 0 Å². The van der Waals surface area contributed by atoms with Gasteiger partial charge in [0.1, 0.15) is 0 Å². The van der Waals surface area contributed by atoms with Crippen molar-refractivity contribution in [1.82, 2.24) is 4.98 Å². The standard InChI is InChI=1S/C10H14ClN/c1-8(6-9(2)11)10-4-3-5-12-7-10/h3-5,7-9H,6H2,1-2H3. The lowest BCUT2D eigenvalue weighted by Crippen LogP contribution is -2.00. The van der Waals surface area contributed by atoms with Gasteiger partial charge in [0.2, 0.25) is 0 Å². The minimum absolute atomic E-state index is 0.236. The third-order valence-corrected chi connectivity index (χ3v) is 2.11. The van der Waals surface area contributed by atoms with Crippen LogP contribution in [0.25, 0.3) is 0 Å². The summed E-state index contributed by atoms with van der Waals surface area (Å²) in [6.07, 6.45) is 4.71. The summed E-state index contributed by atoms with van der Waals surface area (Å²) in [5.41, 5.74) is 1.27. The number of pyridine rings is 1. The van der Waals surface area contributed by atoms with Crippen LogP contribution in [0.1, 0.15) is 31.7 Å². The van der Waals surface area contributed by atoms with Crippen molar-refractivity contribution >= 4 is 11.6 Å². The van der Waals surface area contributed by atoms with Crippen LogP contribution in [0.15, 0.2) is 24.5 Å². The van der Waals surface area contributed by atoms with Crippen LogP contribution in [0.5, 0.6) is 0 Å². The number of nitrogens with zero attached hydrogens (tertiary/aromatic N) is 1. The highest BCUT2D eigenvalue weighted by Gasteiger charge is 2.07. The Morgan fingerprint density at radius 2 is 2.25 bits per heavy atom. The molecule has 0 N–H and O–H groups in total. The largest absolute Gasteiger partial charge is 0.264 e. The Morgan fingerprint density at radius 1 is 1.50 bits per heavy atom. The van der Waals surface area contributed by atoms with Gasteiger partial charge in [-0.25, -0.2) is 0 Å². The maximum Gasteiger partial charge on any atom is 0.0313 e. The highest BCUT2D eigenvalue weighted by Crippen LogP contribution is 2.21. The average Bonchev–Trinajstić information content (AvgIpc) is 2.05. The average molecular weight is 184 g/mol. The summed E-state index contributed by atoms with van der Waals surface area (Å²) in [5.74, 6) is 0.506. The van der Waals surface area contributed by atoms with Crippen molar-refractivity contribution < 1.29 is 0 Å². The van der Waals surface area contributed by atoms with Crippen LogP contribution >= 0.6 is 11.6 Å². The van der Waals surface area contributed by atoms with E-state index in [2.05, 4.69) is 18.0 Å². The zero-order valence-electron chi connectivity index (χ0n) is 7.50. The zero-order chi connectivity index (χ0) is 8.97. The van der Waals surface area contributed by atoms with Gasteiger partial charge in [-0.3, -0.25) is 4.98 Å². The molecule has 0 saturated heterocycles. The molecular weight excluding hydrogens is 170 g/mol. The van der Waals surface area contributed by atoms with Crippen LogP contribution in [0.4, 0.5) is 0 Å². The molecule has 0 spiro atoms. The van der Waals surface area contributed by atoms with Crippen molar-refractivity contribution in [2.24, 2.45) is 0 Å². The monoisotopic (exact) mass is 183 g/mol. The number of rotatable bonds is 3. The fourth-order valence-corrected chi connectivity index (χ4v) is 1.56. The number of hydrogen-bond donors (Lipinski definition) is 0. The topological polar surface area (TPSA) is 12.9 Å². The van der Waals surface area contributed by atoms with E-state index in [1.54, 1.807) is 6.20 Å². The SMILES string of the molecule is CC(Cl)CC(C)c1cccnc1. The summed E-state index contributed by atoms with van der Waals surface area (Å²) in [4.78, 5) is 4.07. The lowest BCUT2D eigenvalue weighted by molar-refractivity contribution is 0.668. The Balaban J connectivity index is 2.59. The maximum absolute atomic E-state index is 5.90. The van der Waals surface area contributed by atoms with Crippen molar-refractivity contribution in [2.75, 3.05) is 0 Å². The second kappa shape index (κ2) is 4.46. The number of alkyl halides is 1. The first-order valence-electron chi connectivity index (χ1n) is 4.24. The first kappa shape index (κ1) is 9.53. The summed E-state index contributed by atoms with van der Waals surface area (Å²) in [6.45, 7) is 4.20. The molecule has 2 atom stereocenters. The second-order valence-electron chi connectivity index (χ2n) is 3.20. The molecule has 0 radical (unpaired) electrons. The maximum atomic E-state index is 5.90. The minimum atomic E-state index is 0.236. The minimum Gasteiger partial charge on any atom is -0.264 e. The molecule has 0 fully saturated rings. The van der Waals surface area contributed by atoms with E-state index in [0.717, 1.165) is 6.42 Å². The molecule has 0 saturated carbocycles. The van der Waals surface area contributed by atoms with Crippen LogP contribution in [-0.4, -0.2) is 10.4 Å². The van der Waals surface area contributed by atoms with E-state index in [0.29, 0.717) is 5.92 Å². The molecule has 0 aliphatic carbocycles. The molecule has 66 valence electrons. The van der Waals surface area contributed by atoms with Crippen molar-refractivity contribution in [2.45, 2.75) is 31.6 Å². The third kappa shape index (κ3) is 2.82. The van der Waals surface area contributed by atoms with Gasteiger partial charge >= 0.3 is 0 Å². The predicted molar refractivity (Wildman–Crippen MR) is 52.6 cm³/mol. The molecular formula is C10H14ClN. The van der Waals surface area contributed by atoms with Crippen molar-refractivity contribution in [3.63, 3.8) is 0 Å². The molecule has 1 aromatic rings. The fourth-order valence-electron chi connectivity index (χ4n) is 1.29. The molecule has 2 unspecified atom stereocenters. The first-order chi connectivity index (χ1) is 5.70. The summed E-state index contributed by atoms with van der Waals surface area (Å²) in [5, 5.41) is 0.236. The number of hydrogen-bond acceptors (Lipinski definition) is 1. The van der Waals surface area contributed by atoms with Crippen molar-refractivity contribution in [3.05, 3.63) is 30.1 Å². The van der Waals surface area contributed by atoms with E-state index in [4.69, 9.17) is 11.6 Å². The molecule has 1 nitrogen and oxygen atoms in total. The highest BCUT2D eigenvalue weighted by molar-refractivity contribution is 6.20. The van der Waals surface area contributed by atoms with Gasteiger partial charge in [0.25, 0.3) is 0 Å². The van der Waals surface area contributed by atoms with Crippen molar-refractivity contribution in [1.29, 1.82) is 0 Å². The van der Waals surface area contributed by atoms with Gasteiger partial charge in [-0.05, 0) is 30.9 Å². The molecule has 1 rings (SSSR count). The normalized spacial score (nSPS) is 15.6. The number of aromatic nitrogens is 1. The smallest absolute Gasteiger partial charge is 0.0313 e. The van der Waals surface area contributed by atoms with Gasteiger partial charge in [-0.1, -0.05) is 13.0 Å². The molecule has 1 aromatic heterocycles. The van der Waals surface area contributed by atoms with E-state index in [9.17, 15) is 0 Å². The summed E-state index contributed by atoms with van der Waals surface area (Å²) < 4.78 is 0. The van der Waals surface area contributed by atoms with Gasteiger partial charge in [-0.2, -0.15) is 0 Å². The molecule has 1 heterocycles. The molecule has 0 amide bonds. The molecule has 0 aromatic carbocycles. The van der Waals surface area contributed by atoms with Gasteiger partial charge in [0, 0.05) is 17.8 Å². The van der Waals surface area contributed by atoms with E-state index < -0.39 is 0 Å². The highest BCUT2D eigenvalue weighted by atomic mass is 35.5. The second-order valence-corrected chi connectivity index (χ2v) is 3.95. The van der Waals surface area contributed by atoms with Gasteiger partial charge < -0.3 is 0 Å². The van der Waals surface area contributed by atoms with Crippen LogP contribution in [-0.2, 0) is 0 Å². The summed E-state index contributed by atoms with van der Waals surface area (Å²) in [7, 11) is 0.